The lowest BCUT2D eigenvalue weighted by molar-refractivity contribution is -0.125. The minimum atomic E-state index is -3.48. The zero-order chi connectivity index (χ0) is 19.7. The molecule has 2 aromatic rings. The summed E-state index contributed by atoms with van der Waals surface area (Å²) in [6, 6.07) is 15.2. The van der Waals surface area contributed by atoms with Crippen molar-refractivity contribution in [3.63, 3.8) is 0 Å². The van der Waals surface area contributed by atoms with Crippen LogP contribution in [-0.2, 0) is 14.8 Å². The normalized spacial score (nSPS) is 23.1. The van der Waals surface area contributed by atoms with E-state index in [1.165, 1.54) is 0 Å². The van der Waals surface area contributed by atoms with E-state index < -0.39 is 10.0 Å². The topological polar surface area (TPSA) is 78.5 Å². The summed E-state index contributed by atoms with van der Waals surface area (Å²) in [4.78, 5) is 15.2. The average Bonchev–Trinajstić information content (AvgIpc) is 2.69. The molecule has 2 bridgehead atoms. The van der Waals surface area contributed by atoms with Crippen LogP contribution in [0.5, 0.6) is 0 Å². The second-order valence-electron chi connectivity index (χ2n) is 7.73. The second-order valence-corrected chi connectivity index (χ2v) is 9.48. The number of fused-ring (bicyclic) bond motifs is 3. The smallest absolute Gasteiger partial charge is 0.229 e. The van der Waals surface area contributed by atoms with Crippen LogP contribution in [0.3, 0.4) is 0 Å². The summed E-state index contributed by atoms with van der Waals surface area (Å²) in [5, 5.41) is 2.97. The number of anilines is 2. The highest BCUT2D eigenvalue weighted by Gasteiger charge is 2.38. The Morgan fingerprint density at radius 1 is 1.00 bits per heavy atom. The Morgan fingerprint density at radius 3 is 2.28 bits per heavy atom. The van der Waals surface area contributed by atoms with Crippen molar-refractivity contribution in [2.24, 2.45) is 11.8 Å². The van der Waals surface area contributed by atoms with E-state index in [0.717, 1.165) is 49.9 Å². The molecule has 0 aromatic heterocycles. The van der Waals surface area contributed by atoms with Crippen LogP contribution in [0.25, 0.3) is 11.1 Å². The Bertz CT molecular complexity index is 974. The van der Waals surface area contributed by atoms with Crippen molar-refractivity contribution in [2.45, 2.75) is 12.8 Å². The molecule has 1 atom stereocenters. The van der Waals surface area contributed by atoms with Crippen molar-refractivity contribution in [2.75, 3.05) is 35.9 Å². The lowest BCUT2D eigenvalue weighted by Crippen LogP contribution is -2.51. The van der Waals surface area contributed by atoms with E-state index in [4.69, 9.17) is 0 Å². The molecule has 2 N–H and O–H groups in total. The third-order valence-corrected chi connectivity index (χ3v) is 6.26. The first kappa shape index (κ1) is 21.6. The van der Waals surface area contributed by atoms with Crippen LogP contribution in [0, 0.1) is 11.8 Å². The Hall–Kier alpha value is -2.09. The lowest BCUT2D eigenvalue weighted by Gasteiger charge is -2.43. The number of nitrogens with zero attached hydrogens (tertiary/aromatic N) is 1. The molecular formula is C21H26ClN3O3S. The fourth-order valence-corrected chi connectivity index (χ4v) is 4.80. The third kappa shape index (κ3) is 5.10. The Labute approximate surface area is 178 Å². The van der Waals surface area contributed by atoms with Crippen molar-refractivity contribution < 1.29 is 13.2 Å². The number of sulfonamides is 1. The molecule has 2 aromatic carbocycles. The highest BCUT2D eigenvalue weighted by Crippen LogP contribution is 2.35. The largest absolute Gasteiger partial charge is 0.324 e. The quantitative estimate of drug-likeness (QED) is 0.754. The summed E-state index contributed by atoms with van der Waals surface area (Å²) in [5.74, 6) is 0.348. The van der Waals surface area contributed by atoms with Crippen molar-refractivity contribution in [1.82, 2.24) is 4.90 Å². The molecule has 3 aliphatic heterocycles. The number of benzene rings is 2. The van der Waals surface area contributed by atoms with Crippen LogP contribution in [0.4, 0.5) is 11.4 Å². The van der Waals surface area contributed by atoms with Gasteiger partial charge >= 0.3 is 0 Å². The van der Waals surface area contributed by atoms with Crippen LogP contribution in [0.1, 0.15) is 12.8 Å². The van der Waals surface area contributed by atoms with E-state index in [-0.39, 0.29) is 24.2 Å². The van der Waals surface area contributed by atoms with E-state index in [2.05, 4.69) is 14.9 Å². The second kappa shape index (κ2) is 8.73. The van der Waals surface area contributed by atoms with Gasteiger partial charge in [0.05, 0.1) is 23.5 Å². The number of amides is 1. The van der Waals surface area contributed by atoms with Gasteiger partial charge in [-0.3, -0.25) is 9.52 Å². The van der Waals surface area contributed by atoms with Crippen LogP contribution in [-0.4, -0.2) is 45.1 Å². The molecular weight excluding hydrogens is 410 g/mol. The Balaban J connectivity index is 0.00000240. The molecule has 5 rings (SSSR count). The maximum Gasteiger partial charge on any atom is 0.229 e. The monoisotopic (exact) mass is 435 g/mol. The van der Waals surface area contributed by atoms with Crippen LogP contribution in [0.15, 0.2) is 48.5 Å². The molecule has 156 valence electrons. The van der Waals surface area contributed by atoms with Gasteiger partial charge in [-0.15, -0.1) is 12.4 Å². The molecule has 3 fully saturated rings. The van der Waals surface area contributed by atoms with E-state index in [1.54, 1.807) is 12.1 Å². The van der Waals surface area contributed by atoms with Gasteiger partial charge in [-0.05, 0) is 55.1 Å². The number of piperidine rings is 3. The zero-order valence-corrected chi connectivity index (χ0v) is 17.9. The maximum atomic E-state index is 12.9. The number of hydrogen-bond acceptors (Lipinski definition) is 4. The molecule has 3 aliphatic rings. The average molecular weight is 436 g/mol. The molecule has 6 nitrogen and oxygen atoms in total. The van der Waals surface area contributed by atoms with Gasteiger partial charge in [0.15, 0.2) is 0 Å². The minimum absolute atomic E-state index is 0. The number of halogens is 1. The van der Waals surface area contributed by atoms with Gasteiger partial charge in [0.25, 0.3) is 0 Å². The summed E-state index contributed by atoms with van der Waals surface area (Å²) < 4.78 is 26.3. The predicted molar refractivity (Wildman–Crippen MR) is 119 cm³/mol. The van der Waals surface area contributed by atoms with Gasteiger partial charge < -0.3 is 10.2 Å². The molecule has 29 heavy (non-hydrogen) atoms. The van der Waals surface area contributed by atoms with Gasteiger partial charge in [-0.25, -0.2) is 8.42 Å². The maximum absolute atomic E-state index is 12.9. The van der Waals surface area contributed by atoms with E-state index >= 15 is 0 Å². The van der Waals surface area contributed by atoms with E-state index in [0.29, 0.717) is 17.3 Å². The van der Waals surface area contributed by atoms with Crippen molar-refractivity contribution in [3.8, 4) is 11.1 Å². The number of carbonyl (C=O) groups is 1. The van der Waals surface area contributed by atoms with Crippen LogP contribution < -0.4 is 10.0 Å². The van der Waals surface area contributed by atoms with Crippen LogP contribution >= 0.6 is 12.4 Å². The van der Waals surface area contributed by atoms with Gasteiger partial charge in [-0.2, -0.15) is 0 Å². The fourth-order valence-electron chi connectivity index (χ4n) is 4.24. The fraction of sp³-hybridized carbons (Fsp3) is 0.381. The minimum Gasteiger partial charge on any atom is -0.324 e. The molecule has 3 heterocycles. The Morgan fingerprint density at radius 2 is 1.69 bits per heavy atom. The lowest BCUT2D eigenvalue weighted by atomic mass is 9.78. The summed E-state index contributed by atoms with van der Waals surface area (Å²) in [6.45, 7) is 2.93. The molecule has 0 spiro atoms. The highest BCUT2D eigenvalue weighted by molar-refractivity contribution is 7.92. The van der Waals surface area contributed by atoms with Gasteiger partial charge in [-0.1, -0.05) is 36.4 Å². The van der Waals surface area contributed by atoms with Gasteiger partial charge in [0, 0.05) is 6.54 Å². The summed E-state index contributed by atoms with van der Waals surface area (Å²) >= 11 is 0. The van der Waals surface area contributed by atoms with E-state index in [9.17, 15) is 13.2 Å². The first-order valence-corrected chi connectivity index (χ1v) is 11.5. The third-order valence-electron chi connectivity index (χ3n) is 5.67. The summed E-state index contributed by atoms with van der Waals surface area (Å²) in [7, 11) is -3.48. The molecule has 0 radical (unpaired) electrons. The highest BCUT2D eigenvalue weighted by atomic mass is 35.5. The number of nitrogens with one attached hydrogen (secondary N) is 2. The number of carbonyl (C=O) groups excluding carboxylic acids is 1. The van der Waals surface area contributed by atoms with Crippen molar-refractivity contribution in [1.29, 1.82) is 0 Å². The zero-order valence-electron chi connectivity index (χ0n) is 16.3. The van der Waals surface area contributed by atoms with E-state index in [1.807, 2.05) is 36.4 Å². The van der Waals surface area contributed by atoms with Gasteiger partial charge in [0.1, 0.15) is 0 Å². The van der Waals surface area contributed by atoms with Crippen molar-refractivity contribution in [3.05, 3.63) is 48.5 Å². The molecule has 3 saturated heterocycles. The van der Waals surface area contributed by atoms with Crippen LogP contribution in [0.2, 0.25) is 0 Å². The summed E-state index contributed by atoms with van der Waals surface area (Å²) in [5.41, 5.74) is 2.74. The predicted octanol–water partition coefficient (Wildman–Crippen LogP) is 3.43. The van der Waals surface area contributed by atoms with Crippen molar-refractivity contribution >= 4 is 39.7 Å². The first-order valence-electron chi connectivity index (χ1n) is 9.59. The molecule has 8 heteroatoms. The molecule has 0 unspecified atom stereocenters. The Kier molecular flexibility index (Phi) is 6.51. The molecule has 0 aliphatic carbocycles. The molecule has 1 amide bonds. The SMILES string of the molecule is CS(=O)(=O)Nc1cc(-c2ccccc2)ccc1NC(=O)[C@H]1CN2CCC1CC2.Cl. The standard InChI is InChI=1S/C21H25N3O3S.ClH/c1-28(26,27)23-20-13-17(15-5-3-2-4-6-15)7-8-19(20)22-21(25)18-14-24-11-9-16(18)10-12-24;/h2-8,13,16,18,23H,9-12,14H2,1H3,(H,22,25);1H/t18-;/m0./s1. The number of hydrogen-bond donors (Lipinski definition) is 2. The molecule has 0 saturated carbocycles. The summed E-state index contributed by atoms with van der Waals surface area (Å²) in [6.07, 6.45) is 3.22. The number of rotatable bonds is 5. The van der Waals surface area contributed by atoms with Gasteiger partial charge in [0.2, 0.25) is 15.9 Å². The first-order chi connectivity index (χ1) is 13.4.